The minimum absolute atomic E-state index is 0.0371. The molecule has 2 amide bonds. The molecule has 0 aliphatic carbocycles. The van der Waals surface area contributed by atoms with Crippen molar-refractivity contribution in [3.8, 4) is 5.88 Å². The van der Waals surface area contributed by atoms with Crippen LogP contribution in [0.4, 0.5) is 4.79 Å². The Morgan fingerprint density at radius 3 is 2.70 bits per heavy atom. The van der Waals surface area contributed by atoms with Gasteiger partial charge < -0.3 is 15.4 Å². The number of amides is 2. The molecule has 0 aliphatic rings. The highest BCUT2D eigenvalue weighted by Crippen LogP contribution is 2.17. The molecule has 6 nitrogen and oxygen atoms in total. The highest BCUT2D eigenvalue weighted by molar-refractivity contribution is 7.11. The van der Waals surface area contributed by atoms with Crippen LogP contribution in [0, 0.1) is 13.8 Å². The van der Waals surface area contributed by atoms with Crippen molar-refractivity contribution >= 4 is 17.4 Å². The highest BCUT2D eigenvalue weighted by atomic mass is 32.1. The number of aromatic nitrogens is 2. The number of aryl methyl sites for hydroxylation is 2. The molecule has 2 rings (SSSR count). The quantitative estimate of drug-likeness (QED) is 0.851. The smallest absolute Gasteiger partial charge is 0.315 e. The van der Waals surface area contributed by atoms with E-state index in [0.717, 1.165) is 21.1 Å². The molecule has 0 unspecified atom stereocenters. The van der Waals surface area contributed by atoms with Gasteiger partial charge in [0.25, 0.3) is 0 Å². The van der Waals surface area contributed by atoms with E-state index >= 15 is 0 Å². The number of hydrogen-bond acceptors (Lipinski definition) is 5. The largest absolute Gasteiger partial charge is 0.475 e. The fourth-order valence-electron chi connectivity index (χ4n) is 2.02. The van der Waals surface area contributed by atoms with Crippen molar-refractivity contribution in [3.05, 3.63) is 39.5 Å². The Balaban J connectivity index is 1.86. The normalized spacial score (nSPS) is 10.7. The second kappa shape index (κ2) is 7.92. The van der Waals surface area contributed by atoms with Crippen molar-refractivity contribution in [2.24, 2.45) is 0 Å². The third kappa shape index (κ3) is 5.21. The van der Waals surface area contributed by atoms with Gasteiger partial charge in [-0.25, -0.2) is 14.8 Å². The predicted octanol–water partition coefficient (Wildman–Crippen LogP) is 2.94. The Labute approximate surface area is 140 Å². The standard InChI is InChI=1S/C16H22N4O2S/c1-10(2)22-15-13(6-5-7-17-15)8-18-16(21)19-9-14-11(3)20-12(4)23-14/h5-7,10H,8-9H2,1-4H3,(H2,18,19,21). The number of nitrogens with zero attached hydrogens (tertiary/aromatic N) is 2. The van der Waals surface area contributed by atoms with Gasteiger partial charge in [-0.1, -0.05) is 6.07 Å². The van der Waals surface area contributed by atoms with E-state index in [9.17, 15) is 4.79 Å². The van der Waals surface area contributed by atoms with Gasteiger partial charge in [0.15, 0.2) is 0 Å². The molecule has 7 heteroatoms. The molecular weight excluding hydrogens is 312 g/mol. The zero-order valence-corrected chi connectivity index (χ0v) is 14.7. The van der Waals surface area contributed by atoms with Gasteiger partial charge in [0.1, 0.15) is 0 Å². The van der Waals surface area contributed by atoms with Crippen molar-refractivity contribution in [2.45, 2.75) is 46.9 Å². The third-order valence-electron chi connectivity index (χ3n) is 3.05. The topological polar surface area (TPSA) is 76.1 Å². The van der Waals surface area contributed by atoms with Crippen LogP contribution in [0.2, 0.25) is 0 Å². The van der Waals surface area contributed by atoms with Crippen molar-refractivity contribution in [1.29, 1.82) is 0 Å². The summed E-state index contributed by atoms with van der Waals surface area (Å²) < 4.78 is 5.64. The number of carbonyl (C=O) groups excluding carboxylic acids is 1. The van der Waals surface area contributed by atoms with E-state index in [1.807, 2.05) is 39.8 Å². The first kappa shape index (κ1) is 17.2. The molecule has 0 bridgehead atoms. The van der Waals surface area contributed by atoms with Gasteiger partial charge in [0, 0.05) is 23.2 Å². The molecule has 2 N–H and O–H groups in total. The minimum atomic E-state index is -0.227. The molecule has 23 heavy (non-hydrogen) atoms. The first-order chi connectivity index (χ1) is 11.0. The summed E-state index contributed by atoms with van der Waals surface area (Å²) in [7, 11) is 0. The van der Waals surface area contributed by atoms with E-state index in [1.54, 1.807) is 17.5 Å². The first-order valence-corrected chi connectivity index (χ1v) is 8.32. The molecular formula is C16H22N4O2S. The Hall–Kier alpha value is -2.15. The maximum Gasteiger partial charge on any atom is 0.315 e. The van der Waals surface area contributed by atoms with E-state index in [-0.39, 0.29) is 12.1 Å². The molecule has 2 aromatic rings. The maximum atomic E-state index is 11.9. The highest BCUT2D eigenvalue weighted by Gasteiger charge is 2.09. The van der Waals surface area contributed by atoms with Gasteiger partial charge in [-0.05, 0) is 33.8 Å². The summed E-state index contributed by atoms with van der Waals surface area (Å²) in [5.41, 5.74) is 1.81. The fourth-order valence-corrected chi connectivity index (χ4v) is 2.90. The van der Waals surface area contributed by atoms with Crippen LogP contribution < -0.4 is 15.4 Å². The van der Waals surface area contributed by atoms with Crippen LogP contribution in [0.5, 0.6) is 5.88 Å². The molecule has 0 aliphatic heterocycles. The van der Waals surface area contributed by atoms with Crippen LogP contribution in [-0.2, 0) is 13.1 Å². The molecule has 0 spiro atoms. The Morgan fingerprint density at radius 1 is 1.30 bits per heavy atom. The summed E-state index contributed by atoms with van der Waals surface area (Å²) in [6.45, 7) is 8.63. The van der Waals surface area contributed by atoms with Gasteiger partial charge in [-0.3, -0.25) is 0 Å². The summed E-state index contributed by atoms with van der Waals surface area (Å²) in [5, 5.41) is 6.67. The van der Waals surface area contributed by atoms with Crippen molar-refractivity contribution in [3.63, 3.8) is 0 Å². The number of hydrogen-bond donors (Lipinski definition) is 2. The van der Waals surface area contributed by atoms with Gasteiger partial charge in [-0.2, -0.15) is 0 Å². The van der Waals surface area contributed by atoms with Gasteiger partial charge in [-0.15, -0.1) is 11.3 Å². The average Bonchev–Trinajstić information content (AvgIpc) is 2.81. The summed E-state index contributed by atoms with van der Waals surface area (Å²) >= 11 is 1.60. The molecule has 0 radical (unpaired) electrons. The monoisotopic (exact) mass is 334 g/mol. The zero-order chi connectivity index (χ0) is 16.8. The summed E-state index contributed by atoms with van der Waals surface area (Å²) in [6, 6.07) is 3.49. The van der Waals surface area contributed by atoms with Gasteiger partial charge >= 0.3 is 6.03 Å². The molecule has 2 heterocycles. The molecule has 0 aromatic carbocycles. The number of pyridine rings is 1. The zero-order valence-electron chi connectivity index (χ0n) is 13.8. The Morgan fingerprint density at radius 2 is 2.04 bits per heavy atom. The van der Waals surface area contributed by atoms with Crippen LogP contribution >= 0.6 is 11.3 Å². The van der Waals surface area contributed by atoms with Crippen molar-refractivity contribution in [1.82, 2.24) is 20.6 Å². The molecule has 0 atom stereocenters. The van der Waals surface area contributed by atoms with Crippen LogP contribution in [0.15, 0.2) is 18.3 Å². The number of urea groups is 1. The van der Waals surface area contributed by atoms with Crippen LogP contribution in [0.1, 0.15) is 35.0 Å². The van der Waals surface area contributed by atoms with E-state index in [2.05, 4.69) is 20.6 Å². The van der Waals surface area contributed by atoms with Crippen molar-refractivity contribution < 1.29 is 9.53 Å². The number of thiazole rings is 1. The number of ether oxygens (including phenoxy) is 1. The van der Waals surface area contributed by atoms with Gasteiger partial charge in [0.05, 0.1) is 23.4 Å². The van der Waals surface area contributed by atoms with Crippen LogP contribution in [0.25, 0.3) is 0 Å². The second-order valence-corrected chi connectivity index (χ2v) is 6.70. The van der Waals surface area contributed by atoms with Crippen LogP contribution in [0.3, 0.4) is 0 Å². The summed E-state index contributed by atoms with van der Waals surface area (Å²) in [5.74, 6) is 0.553. The Bertz CT molecular complexity index is 670. The van der Waals surface area contributed by atoms with Gasteiger partial charge in [0.2, 0.25) is 5.88 Å². The number of rotatable bonds is 6. The summed E-state index contributed by atoms with van der Waals surface area (Å²) in [4.78, 5) is 21.6. The number of carbonyl (C=O) groups is 1. The average molecular weight is 334 g/mol. The molecule has 0 saturated heterocycles. The lowest BCUT2D eigenvalue weighted by atomic mass is 10.2. The molecule has 124 valence electrons. The lowest BCUT2D eigenvalue weighted by molar-refractivity contribution is 0.228. The third-order valence-corrected chi connectivity index (χ3v) is 4.12. The second-order valence-electron chi connectivity index (χ2n) is 5.41. The Kier molecular flexibility index (Phi) is 5.92. The van der Waals surface area contributed by atoms with E-state index in [4.69, 9.17) is 4.74 Å². The molecule has 0 fully saturated rings. The molecule has 0 saturated carbocycles. The van der Waals surface area contributed by atoms with Crippen LogP contribution in [-0.4, -0.2) is 22.1 Å². The first-order valence-electron chi connectivity index (χ1n) is 7.51. The van der Waals surface area contributed by atoms with E-state index in [1.165, 1.54) is 0 Å². The maximum absolute atomic E-state index is 11.9. The minimum Gasteiger partial charge on any atom is -0.475 e. The SMILES string of the molecule is Cc1nc(C)c(CNC(=O)NCc2cccnc2OC(C)C)s1. The molecule has 2 aromatic heterocycles. The lowest BCUT2D eigenvalue weighted by Crippen LogP contribution is -2.34. The lowest BCUT2D eigenvalue weighted by Gasteiger charge is -2.13. The van der Waals surface area contributed by atoms with Crippen molar-refractivity contribution in [2.75, 3.05) is 0 Å². The summed E-state index contributed by atoms with van der Waals surface area (Å²) in [6.07, 6.45) is 1.71. The van der Waals surface area contributed by atoms with E-state index in [0.29, 0.717) is 19.0 Å². The fraction of sp³-hybridized carbons (Fsp3) is 0.438. The van der Waals surface area contributed by atoms with E-state index < -0.39 is 0 Å². The number of nitrogens with one attached hydrogen (secondary N) is 2. The predicted molar refractivity (Wildman–Crippen MR) is 90.7 cm³/mol.